The van der Waals surface area contributed by atoms with E-state index in [1.165, 1.54) is 0 Å². The van der Waals surface area contributed by atoms with Crippen molar-refractivity contribution in [2.75, 3.05) is 5.73 Å². The van der Waals surface area contributed by atoms with Crippen molar-refractivity contribution in [2.45, 2.75) is 26.0 Å². The third kappa shape index (κ3) is 3.07. The second kappa shape index (κ2) is 5.01. The molecule has 4 nitrogen and oxygen atoms in total. The first-order valence-electron chi connectivity index (χ1n) is 5.71. The summed E-state index contributed by atoms with van der Waals surface area (Å²) in [5.41, 5.74) is 8.60. The number of nitrogens with two attached hydrogens (primary N) is 1. The maximum Gasteiger partial charge on any atom is 0.0568 e. The van der Waals surface area contributed by atoms with Crippen molar-refractivity contribution in [2.24, 2.45) is 0 Å². The molecule has 0 aliphatic rings. The van der Waals surface area contributed by atoms with E-state index in [2.05, 4.69) is 5.10 Å². The summed E-state index contributed by atoms with van der Waals surface area (Å²) >= 11 is 0. The van der Waals surface area contributed by atoms with E-state index < -0.39 is 0 Å². The Morgan fingerprint density at radius 1 is 1.41 bits per heavy atom. The molecule has 1 aromatic heterocycles. The Bertz CT molecular complexity index is 491. The molecule has 0 spiro atoms. The average Bonchev–Trinajstić information content (AvgIpc) is 2.75. The van der Waals surface area contributed by atoms with E-state index in [-0.39, 0.29) is 6.10 Å². The molecule has 0 fully saturated rings. The smallest absolute Gasteiger partial charge is 0.0568 e. The molecule has 1 aromatic carbocycles. The quantitative estimate of drug-likeness (QED) is 0.790. The Balaban J connectivity index is 2.12. The number of nitrogens with zero attached hydrogens (tertiary/aromatic N) is 2. The van der Waals surface area contributed by atoms with Crippen LogP contribution in [0.5, 0.6) is 0 Å². The zero-order chi connectivity index (χ0) is 12.3. The number of aromatic nitrogens is 2. The van der Waals surface area contributed by atoms with Gasteiger partial charge in [0, 0.05) is 24.0 Å². The SMILES string of the molecule is CC(O)CCn1cc(-c2cccc(N)c2)cn1. The molecule has 90 valence electrons. The van der Waals surface area contributed by atoms with Crippen molar-refractivity contribution in [3.8, 4) is 11.1 Å². The third-order valence-electron chi connectivity index (χ3n) is 2.63. The average molecular weight is 231 g/mol. The zero-order valence-electron chi connectivity index (χ0n) is 9.87. The predicted octanol–water partition coefficient (Wildman–Crippen LogP) is 1.90. The van der Waals surface area contributed by atoms with Crippen LogP contribution >= 0.6 is 0 Å². The molecule has 17 heavy (non-hydrogen) atoms. The van der Waals surface area contributed by atoms with E-state index in [0.29, 0.717) is 6.42 Å². The van der Waals surface area contributed by atoms with Gasteiger partial charge >= 0.3 is 0 Å². The van der Waals surface area contributed by atoms with Crippen molar-refractivity contribution in [3.63, 3.8) is 0 Å². The highest BCUT2D eigenvalue weighted by Gasteiger charge is 2.03. The molecular formula is C13H17N3O. The summed E-state index contributed by atoms with van der Waals surface area (Å²) in [6.07, 6.45) is 4.20. The van der Waals surface area contributed by atoms with E-state index in [9.17, 15) is 5.11 Å². The normalized spacial score (nSPS) is 12.6. The van der Waals surface area contributed by atoms with Gasteiger partial charge in [0.1, 0.15) is 0 Å². The van der Waals surface area contributed by atoms with Gasteiger partial charge in [-0.3, -0.25) is 4.68 Å². The third-order valence-corrected chi connectivity index (χ3v) is 2.63. The van der Waals surface area contributed by atoms with Crippen LogP contribution in [-0.4, -0.2) is 21.0 Å². The number of aryl methyl sites for hydroxylation is 1. The van der Waals surface area contributed by atoms with Crippen LogP contribution in [0.2, 0.25) is 0 Å². The number of aliphatic hydroxyl groups is 1. The molecule has 0 aliphatic carbocycles. The Kier molecular flexibility index (Phi) is 3.44. The summed E-state index contributed by atoms with van der Waals surface area (Å²) in [6, 6.07) is 7.72. The Morgan fingerprint density at radius 2 is 2.24 bits per heavy atom. The molecule has 2 rings (SSSR count). The number of aliphatic hydroxyl groups excluding tert-OH is 1. The first-order valence-corrected chi connectivity index (χ1v) is 5.71. The molecule has 0 saturated heterocycles. The lowest BCUT2D eigenvalue weighted by Gasteiger charge is -2.03. The second-order valence-corrected chi connectivity index (χ2v) is 4.26. The molecule has 4 heteroatoms. The summed E-state index contributed by atoms with van der Waals surface area (Å²) in [4.78, 5) is 0. The molecule has 1 heterocycles. The maximum absolute atomic E-state index is 9.22. The number of hydrogen-bond donors (Lipinski definition) is 2. The van der Waals surface area contributed by atoms with Gasteiger partial charge in [0.2, 0.25) is 0 Å². The summed E-state index contributed by atoms with van der Waals surface area (Å²) in [6.45, 7) is 2.50. The van der Waals surface area contributed by atoms with Crippen molar-refractivity contribution in [3.05, 3.63) is 36.7 Å². The van der Waals surface area contributed by atoms with Gasteiger partial charge in [-0.2, -0.15) is 5.10 Å². The maximum atomic E-state index is 9.22. The minimum absolute atomic E-state index is 0.296. The predicted molar refractivity (Wildman–Crippen MR) is 68.4 cm³/mol. The molecule has 0 bridgehead atoms. The van der Waals surface area contributed by atoms with Crippen molar-refractivity contribution >= 4 is 5.69 Å². The zero-order valence-corrected chi connectivity index (χ0v) is 9.87. The van der Waals surface area contributed by atoms with Gasteiger partial charge in [-0.25, -0.2) is 0 Å². The number of anilines is 1. The molecule has 0 saturated carbocycles. The summed E-state index contributed by atoms with van der Waals surface area (Å²) < 4.78 is 1.84. The van der Waals surface area contributed by atoms with Crippen molar-refractivity contribution in [1.29, 1.82) is 0 Å². The number of rotatable bonds is 4. The van der Waals surface area contributed by atoms with Crippen molar-refractivity contribution < 1.29 is 5.11 Å². The van der Waals surface area contributed by atoms with Gasteiger partial charge in [-0.05, 0) is 31.0 Å². The molecule has 1 atom stereocenters. The summed E-state index contributed by atoms with van der Waals surface area (Å²) in [7, 11) is 0. The van der Waals surface area contributed by atoms with Gasteiger partial charge in [-0.15, -0.1) is 0 Å². The van der Waals surface area contributed by atoms with Crippen LogP contribution in [0.15, 0.2) is 36.7 Å². The van der Waals surface area contributed by atoms with Crippen molar-refractivity contribution in [1.82, 2.24) is 9.78 Å². The van der Waals surface area contributed by atoms with E-state index in [0.717, 1.165) is 23.4 Å². The first-order chi connectivity index (χ1) is 8.15. The largest absolute Gasteiger partial charge is 0.399 e. The number of nitrogen functional groups attached to an aromatic ring is 1. The molecule has 0 radical (unpaired) electrons. The van der Waals surface area contributed by atoms with Crippen LogP contribution in [0.4, 0.5) is 5.69 Å². The minimum atomic E-state index is -0.296. The Morgan fingerprint density at radius 3 is 2.94 bits per heavy atom. The lowest BCUT2D eigenvalue weighted by molar-refractivity contribution is 0.176. The molecule has 2 aromatic rings. The van der Waals surface area contributed by atoms with E-state index >= 15 is 0 Å². The molecule has 0 amide bonds. The van der Waals surface area contributed by atoms with E-state index in [1.807, 2.05) is 41.3 Å². The highest BCUT2D eigenvalue weighted by atomic mass is 16.3. The fraction of sp³-hybridized carbons (Fsp3) is 0.308. The Hall–Kier alpha value is -1.81. The van der Waals surface area contributed by atoms with E-state index in [1.54, 1.807) is 6.92 Å². The van der Waals surface area contributed by atoms with Gasteiger partial charge in [0.05, 0.1) is 12.3 Å². The van der Waals surface area contributed by atoms with Crippen LogP contribution in [0.1, 0.15) is 13.3 Å². The lowest BCUT2D eigenvalue weighted by Crippen LogP contribution is -2.06. The first kappa shape index (κ1) is 11.7. The highest BCUT2D eigenvalue weighted by Crippen LogP contribution is 2.20. The van der Waals surface area contributed by atoms with Gasteiger partial charge in [0.25, 0.3) is 0 Å². The fourth-order valence-corrected chi connectivity index (χ4v) is 1.67. The summed E-state index contributed by atoms with van der Waals surface area (Å²) in [5.74, 6) is 0. The molecule has 0 aliphatic heterocycles. The van der Waals surface area contributed by atoms with Gasteiger partial charge in [-0.1, -0.05) is 12.1 Å². The minimum Gasteiger partial charge on any atom is -0.399 e. The molecule has 1 unspecified atom stereocenters. The van der Waals surface area contributed by atoms with Crippen LogP contribution < -0.4 is 5.73 Å². The van der Waals surface area contributed by atoms with Crippen LogP contribution in [0.25, 0.3) is 11.1 Å². The van der Waals surface area contributed by atoms with Crippen LogP contribution in [0, 0.1) is 0 Å². The van der Waals surface area contributed by atoms with Gasteiger partial charge < -0.3 is 10.8 Å². The highest BCUT2D eigenvalue weighted by molar-refractivity contribution is 5.65. The lowest BCUT2D eigenvalue weighted by atomic mass is 10.1. The van der Waals surface area contributed by atoms with E-state index in [4.69, 9.17) is 5.73 Å². The molecular weight excluding hydrogens is 214 g/mol. The van der Waals surface area contributed by atoms with Crippen LogP contribution in [0.3, 0.4) is 0 Å². The Labute approximate surface area is 101 Å². The standard InChI is InChI=1S/C13H17N3O/c1-10(17)5-6-16-9-12(8-15-16)11-3-2-4-13(14)7-11/h2-4,7-10,17H,5-6,14H2,1H3. The summed E-state index contributed by atoms with van der Waals surface area (Å²) in [5, 5.41) is 13.5. The topological polar surface area (TPSA) is 64.1 Å². The number of benzene rings is 1. The molecule has 3 N–H and O–H groups in total. The van der Waals surface area contributed by atoms with Gasteiger partial charge in [0.15, 0.2) is 0 Å². The monoisotopic (exact) mass is 231 g/mol. The fourth-order valence-electron chi connectivity index (χ4n) is 1.67. The van der Waals surface area contributed by atoms with Crippen LogP contribution in [-0.2, 0) is 6.54 Å². The number of hydrogen-bond acceptors (Lipinski definition) is 3. The second-order valence-electron chi connectivity index (χ2n) is 4.26.